The number of anilines is 1. The molecule has 0 unspecified atom stereocenters. The van der Waals surface area contributed by atoms with Crippen molar-refractivity contribution in [3.63, 3.8) is 0 Å². The first kappa shape index (κ1) is 16.0. The maximum atomic E-state index is 13.1. The Morgan fingerprint density at radius 1 is 1.14 bits per heavy atom. The lowest BCUT2D eigenvalue weighted by atomic mass is 10.2. The molecule has 0 saturated carbocycles. The fourth-order valence-electron chi connectivity index (χ4n) is 1.54. The Labute approximate surface area is 139 Å². The molecule has 6 nitrogen and oxygen atoms in total. The van der Waals surface area contributed by atoms with Gasteiger partial charge < -0.3 is 14.8 Å². The molecule has 0 aliphatic carbocycles. The number of nitrogens with one attached hydrogen (secondary N) is 1. The van der Waals surface area contributed by atoms with Gasteiger partial charge in [0.05, 0.1) is 10.2 Å². The van der Waals surface area contributed by atoms with Crippen LogP contribution in [0.5, 0.6) is 11.5 Å². The summed E-state index contributed by atoms with van der Waals surface area (Å²) in [6, 6.07) is 5.97. The number of fused-ring (bicyclic) bond motifs is 1. The number of hydrogen-bond donors (Lipinski definition) is 1. The number of hydrogen-bond acceptors (Lipinski definition) is 6. The molecule has 2 rings (SSSR count). The minimum absolute atomic E-state index is 0.0389. The van der Waals surface area contributed by atoms with Crippen molar-refractivity contribution in [2.45, 2.75) is 6.29 Å². The number of ether oxygens (including phenoxy) is 2. The van der Waals surface area contributed by atoms with Gasteiger partial charge >= 0.3 is 6.29 Å². The first-order chi connectivity index (χ1) is 10.3. The first-order valence-corrected chi connectivity index (χ1v) is 6.91. The molecule has 1 aromatic rings. The van der Waals surface area contributed by atoms with Gasteiger partial charge in [-0.2, -0.15) is 15.8 Å². The summed E-state index contributed by atoms with van der Waals surface area (Å²) in [6.07, 6.45) is -3.80. The monoisotopic (exact) mass is 430 g/mol. The molecule has 0 saturated heterocycles. The highest BCUT2D eigenvalue weighted by atomic mass is 79.9. The van der Waals surface area contributed by atoms with E-state index in [-0.39, 0.29) is 31.8 Å². The Bertz CT molecular complexity index is 802. The van der Waals surface area contributed by atoms with Crippen LogP contribution in [-0.2, 0) is 0 Å². The number of rotatable bonds is 2. The minimum atomic E-state index is -3.80. The zero-order valence-corrected chi connectivity index (χ0v) is 13.4. The number of nitrogens with zero attached hydrogens (tertiary/aromatic N) is 3. The number of allylic oxidation sites excluding steroid dienone is 2. The smallest absolute Gasteiger partial charge is 0.395 e. The van der Waals surface area contributed by atoms with Gasteiger partial charge in [-0.05, 0) is 31.9 Å². The molecule has 10 heteroatoms. The Morgan fingerprint density at radius 3 is 2.32 bits per heavy atom. The molecule has 1 aliphatic rings. The van der Waals surface area contributed by atoms with E-state index in [0.717, 1.165) is 0 Å². The van der Waals surface area contributed by atoms with Crippen LogP contribution in [0.15, 0.2) is 26.3 Å². The third-order valence-electron chi connectivity index (χ3n) is 2.42. The quantitative estimate of drug-likeness (QED) is 0.715. The van der Waals surface area contributed by atoms with Crippen LogP contribution in [0.1, 0.15) is 0 Å². The van der Waals surface area contributed by atoms with Crippen molar-refractivity contribution in [2.24, 2.45) is 0 Å². The zero-order valence-electron chi connectivity index (χ0n) is 10.2. The molecule has 0 radical (unpaired) electrons. The van der Waals surface area contributed by atoms with E-state index < -0.39 is 11.9 Å². The summed E-state index contributed by atoms with van der Waals surface area (Å²) in [6.45, 7) is 0. The van der Waals surface area contributed by atoms with E-state index in [2.05, 4.69) is 46.7 Å². The average Bonchev–Trinajstić information content (AvgIpc) is 2.77. The van der Waals surface area contributed by atoms with Gasteiger partial charge in [-0.1, -0.05) is 0 Å². The molecule has 1 N–H and O–H groups in total. The van der Waals surface area contributed by atoms with E-state index in [1.165, 1.54) is 6.07 Å². The van der Waals surface area contributed by atoms with Crippen LogP contribution < -0.4 is 14.8 Å². The Hall–Kier alpha value is -2.35. The molecule has 1 heterocycles. The highest BCUT2D eigenvalue weighted by Crippen LogP contribution is 2.51. The van der Waals surface area contributed by atoms with E-state index in [4.69, 9.17) is 15.8 Å². The van der Waals surface area contributed by atoms with Gasteiger partial charge in [0.2, 0.25) is 0 Å². The van der Waals surface area contributed by atoms with Crippen LogP contribution in [0.4, 0.5) is 14.5 Å². The number of nitriles is 3. The summed E-state index contributed by atoms with van der Waals surface area (Å²) in [7, 11) is 0. The topological polar surface area (TPSA) is 102 Å². The van der Waals surface area contributed by atoms with Gasteiger partial charge in [0.1, 0.15) is 23.9 Å². The molecule has 1 aliphatic heterocycles. The number of benzene rings is 1. The summed E-state index contributed by atoms with van der Waals surface area (Å²) in [5.74, 6) is -0.485. The van der Waals surface area contributed by atoms with E-state index in [1.54, 1.807) is 18.2 Å². The second-order valence-electron chi connectivity index (χ2n) is 3.75. The third-order valence-corrected chi connectivity index (χ3v) is 3.81. The summed E-state index contributed by atoms with van der Waals surface area (Å²) >= 11 is 6.17. The lowest BCUT2D eigenvalue weighted by molar-refractivity contribution is -0.286. The van der Waals surface area contributed by atoms with Gasteiger partial charge in [0.15, 0.2) is 17.1 Å². The van der Waals surface area contributed by atoms with E-state index in [9.17, 15) is 8.78 Å². The molecule has 22 heavy (non-hydrogen) atoms. The molecule has 1 aromatic carbocycles. The molecule has 0 fully saturated rings. The normalized spacial score (nSPS) is 13.5. The summed E-state index contributed by atoms with van der Waals surface area (Å²) < 4.78 is 35.2. The molecule has 0 bridgehead atoms. The van der Waals surface area contributed by atoms with Gasteiger partial charge in [0, 0.05) is 10.5 Å². The van der Waals surface area contributed by atoms with Gasteiger partial charge in [0.25, 0.3) is 0 Å². The largest absolute Gasteiger partial charge is 0.586 e. The van der Waals surface area contributed by atoms with Crippen LogP contribution in [0, 0.1) is 34.0 Å². The number of halogens is 4. The van der Waals surface area contributed by atoms with E-state index in [0.29, 0.717) is 0 Å². The molecule has 0 atom stereocenters. The standard InChI is InChI=1S/C12H2Br2F2N4O2/c13-6-1-8-11(22-12(15,16)21-8)9(14)10(6)20-7(4-19)5(2-17)3-18/h1,20H. The maximum absolute atomic E-state index is 13.1. The maximum Gasteiger partial charge on any atom is 0.586 e. The van der Waals surface area contributed by atoms with Crippen molar-refractivity contribution < 1.29 is 18.3 Å². The van der Waals surface area contributed by atoms with Crippen LogP contribution in [0.25, 0.3) is 0 Å². The van der Waals surface area contributed by atoms with Gasteiger partial charge in [-0.15, -0.1) is 8.78 Å². The molecule has 0 aromatic heterocycles. The Balaban J connectivity index is 2.53. The first-order valence-electron chi connectivity index (χ1n) is 5.32. The van der Waals surface area contributed by atoms with Crippen molar-refractivity contribution in [2.75, 3.05) is 5.32 Å². The predicted octanol–water partition coefficient (Wildman–Crippen LogP) is 3.77. The summed E-state index contributed by atoms with van der Waals surface area (Å²) in [5.41, 5.74) is -0.666. The molecular weight excluding hydrogens is 430 g/mol. The van der Waals surface area contributed by atoms with E-state index >= 15 is 0 Å². The molecule has 0 spiro atoms. The SMILES string of the molecule is N#CC(C#N)=C(C#N)Nc1c(Br)cc2c(c1Br)OC(F)(F)O2. The predicted molar refractivity (Wildman–Crippen MR) is 75.5 cm³/mol. The molecule has 110 valence electrons. The highest BCUT2D eigenvalue weighted by molar-refractivity contribution is 9.11. The fraction of sp³-hybridized carbons (Fsp3) is 0.0833. The van der Waals surface area contributed by atoms with Crippen LogP contribution >= 0.6 is 31.9 Å². The average molecular weight is 432 g/mol. The van der Waals surface area contributed by atoms with Gasteiger partial charge in [-0.25, -0.2) is 0 Å². The van der Waals surface area contributed by atoms with Crippen LogP contribution in [-0.4, -0.2) is 6.29 Å². The highest BCUT2D eigenvalue weighted by Gasteiger charge is 2.45. The lowest BCUT2D eigenvalue weighted by Crippen LogP contribution is -2.26. The molecule has 0 amide bonds. The van der Waals surface area contributed by atoms with E-state index in [1.807, 2.05) is 0 Å². The van der Waals surface area contributed by atoms with Gasteiger partial charge in [-0.3, -0.25) is 0 Å². The minimum Gasteiger partial charge on any atom is -0.395 e. The van der Waals surface area contributed by atoms with Crippen molar-refractivity contribution in [1.29, 1.82) is 15.8 Å². The van der Waals surface area contributed by atoms with Crippen molar-refractivity contribution >= 4 is 37.5 Å². The van der Waals surface area contributed by atoms with Crippen LogP contribution in [0.2, 0.25) is 0 Å². The van der Waals surface area contributed by atoms with Crippen molar-refractivity contribution in [3.8, 4) is 29.7 Å². The zero-order chi connectivity index (χ0) is 16.5. The summed E-state index contributed by atoms with van der Waals surface area (Å²) in [4.78, 5) is 0. The second kappa shape index (κ2) is 5.80. The van der Waals surface area contributed by atoms with Crippen LogP contribution in [0.3, 0.4) is 0 Å². The number of alkyl halides is 2. The Morgan fingerprint density at radius 2 is 1.77 bits per heavy atom. The fourth-order valence-corrected chi connectivity index (χ4v) is 2.90. The lowest BCUT2D eigenvalue weighted by Gasteiger charge is -2.11. The molecular formula is C12H2Br2F2N4O2. The Kier molecular flexibility index (Phi) is 4.23. The summed E-state index contributed by atoms with van der Waals surface area (Å²) in [5, 5.41) is 29.1. The van der Waals surface area contributed by atoms with Crippen molar-refractivity contribution in [1.82, 2.24) is 0 Å². The second-order valence-corrected chi connectivity index (χ2v) is 5.40. The third kappa shape index (κ3) is 2.82. The van der Waals surface area contributed by atoms with Crippen molar-refractivity contribution in [3.05, 3.63) is 26.3 Å².